The molecule has 2 aromatic rings. The number of phenols is 1. The van der Waals surface area contributed by atoms with E-state index in [0.717, 1.165) is 30.8 Å². The molecule has 152 valence electrons. The summed E-state index contributed by atoms with van der Waals surface area (Å²) in [6, 6.07) is 10.5. The van der Waals surface area contributed by atoms with Gasteiger partial charge in [-0.15, -0.1) is 0 Å². The van der Waals surface area contributed by atoms with Gasteiger partial charge in [-0.2, -0.15) is 0 Å². The van der Waals surface area contributed by atoms with E-state index in [1.165, 1.54) is 6.07 Å². The predicted molar refractivity (Wildman–Crippen MR) is 110 cm³/mol. The van der Waals surface area contributed by atoms with Crippen molar-refractivity contribution in [2.45, 2.75) is 27.3 Å². The van der Waals surface area contributed by atoms with Crippen LogP contribution in [0.15, 0.2) is 36.4 Å². The molecule has 0 aliphatic heterocycles. The van der Waals surface area contributed by atoms with E-state index in [2.05, 4.69) is 24.1 Å². The lowest BCUT2D eigenvalue weighted by Crippen LogP contribution is -2.28. The van der Waals surface area contributed by atoms with Crippen LogP contribution in [-0.4, -0.2) is 49.3 Å². The quantitative estimate of drug-likeness (QED) is 0.655. The van der Waals surface area contributed by atoms with Gasteiger partial charge in [-0.05, 0) is 49.8 Å². The number of methoxy groups -OCH3 is 1. The summed E-state index contributed by atoms with van der Waals surface area (Å²) in [6.45, 7) is 9.88. The molecule has 2 aromatic carbocycles. The molecule has 2 N–H and O–H groups in total. The van der Waals surface area contributed by atoms with Crippen LogP contribution in [0, 0.1) is 6.92 Å². The number of carbonyl (C=O) groups is 1. The number of aryl methyl sites for hydroxylation is 1. The Morgan fingerprint density at radius 3 is 2.54 bits per heavy atom. The highest BCUT2D eigenvalue weighted by atomic mass is 16.5. The van der Waals surface area contributed by atoms with Gasteiger partial charge < -0.3 is 24.8 Å². The first-order chi connectivity index (χ1) is 13.5. The van der Waals surface area contributed by atoms with E-state index in [4.69, 9.17) is 9.47 Å². The third-order valence-electron chi connectivity index (χ3n) is 4.64. The molecular formula is C22H30N2O4. The van der Waals surface area contributed by atoms with Crippen LogP contribution in [0.1, 0.15) is 35.3 Å². The fourth-order valence-corrected chi connectivity index (χ4v) is 2.88. The van der Waals surface area contributed by atoms with E-state index in [1.807, 2.05) is 25.1 Å². The van der Waals surface area contributed by atoms with Crippen molar-refractivity contribution in [3.63, 3.8) is 0 Å². The number of hydrogen-bond donors (Lipinski definition) is 2. The second kappa shape index (κ2) is 10.6. The molecule has 1 amide bonds. The zero-order valence-corrected chi connectivity index (χ0v) is 17.1. The van der Waals surface area contributed by atoms with Crippen molar-refractivity contribution in [2.75, 3.05) is 33.4 Å². The number of aromatic hydroxyl groups is 1. The zero-order valence-electron chi connectivity index (χ0n) is 17.1. The normalized spacial score (nSPS) is 10.8. The lowest BCUT2D eigenvalue weighted by Gasteiger charge is -2.19. The van der Waals surface area contributed by atoms with E-state index >= 15 is 0 Å². The summed E-state index contributed by atoms with van der Waals surface area (Å²) >= 11 is 0. The van der Waals surface area contributed by atoms with E-state index < -0.39 is 0 Å². The molecule has 0 saturated heterocycles. The number of amides is 1. The molecular weight excluding hydrogens is 356 g/mol. The van der Waals surface area contributed by atoms with Crippen LogP contribution in [0.2, 0.25) is 0 Å². The highest BCUT2D eigenvalue weighted by Gasteiger charge is 2.12. The highest BCUT2D eigenvalue weighted by Crippen LogP contribution is 2.28. The first-order valence-corrected chi connectivity index (χ1v) is 9.58. The first-order valence-electron chi connectivity index (χ1n) is 9.58. The minimum Gasteiger partial charge on any atom is -0.507 e. The van der Waals surface area contributed by atoms with Gasteiger partial charge in [-0.3, -0.25) is 4.79 Å². The Kier molecular flexibility index (Phi) is 8.14. The van der Waals surface area contributed by atoms with Crippen molar-refractivity contribution in [1.82, 2.24) is 10.2 Å². The van der Waals surface area contributed by atoms with Crippen LogP contribution in [0.5, 0.6) is 17.2 Å². The summed E-state index contributed by atoms with van der Waals surface area (Å²) in [4.78, 5) is 14.6. The average Bonchev–Trinajstić information content (AvgIpc) is 2.71. The molecule has 0 aromatic heterocycles. The topological polar surface area (TPSA) is 71.0 Å². The fourth-order valence-electron chi connectivity index (χ4n) is 2.88. The van der Waals surface area contributed by atoms with Crippen LogP contribution < -0.4 is 14.8 Å². The van der Waals surface area contributed by atoms with E-state index in [1.54, 1.807) is 19.2 Å². The lowest BCUT2D eigenvalue weighted by atomic mass is 10.1. The highest BCUT2D eigenvalue weighted by molar-refractivity contribution is 5.96. The van der Waals surface area contributed by atoms with Gasteiger partial charge in [-0.1, -0.05) is 31.5 Å². The van der Waals surface area contributed by atoms with Gasteiger partial charge in [0.25, 0.3) is 5.91 Å². The maximum atomic E-state index is 12.3. The molecule has 0 saturated carbocycles. The summed E-state index contributed by atoms with van der Waals surface area (Å²) in [5.74, 6) is 0.961. The molecule has 0 radical (unpaired) electrons. The number of rotatable bonds is 10. The van der Waals surface area contributed by atoms with E-state index in [9.17, 15) is 9.90 Å². The van der Waals surface area contributed by atoms with Gasteiger partial charge in [0.2, 0.25) is 0 Å². The maximum Gasteiger partial charge on any atom is 0.255 e. The Morgan fingerprint density at radius 1 is 1.11 bits per heavy atom. The smallest absolute Gasteiger partial charge is 0.255 e. The fraction of sp³-hybridized carbons (Fsp3) is 0.409. The third kappa shape index (κ3) is 5.89. The van der Waals surface area contributed by atoms with Crippen molar-refractivity contribution >= 4 is 5.91 Å². The van der Waals surface area contributed by atoms with Gasteiger partial charge in [0.05, 0.1) is 12.7 Å². The molecule has 6 nitrogen and oxygen atoms in total. The first kappa shape index (κ1) is 21.6. The molecule has 0 heterocycles. The average molecular weight is 386 g/mol. The Labute approximate surface area is 167 Å². The number of hydrogen-bond acceptors (Lipinski definition) is 5. The Bertz CT molecular complexity index is 788. The number of nitrogens with zero attached hydrogens (tertiary/aromatic N) is 1. The van der Waals surface area contributed by atoms with Crippen LogP contribution in [0.4, 0.5) is 0 Å². The minimum atomic E-state index is -0.320. The molecule has 0 atom stereocenters. The summed E-state index contributed by atoms with van der Waals surface area (Å²) in [7, 11) is 1.60. The largest absolute Gasteiger partial charge is 0.507 e. The van der Waals surface area contributed by atoms with E-state index in [-0.39, 0.29) is 17.2 Å². The minimum absolute atomic E-state index is 0.0300. The number of phenolic OH excluding ortho intramolecular Hbond substituents is 1. The van der Waals surface area contributed by atoms with Crippen molar-refractivity contribution < 1.29 is 19.4 Å². The Balaban J connectivity index is 1.97. The Hall–Kier alpha value is -2.73. The van der Waals surface area contributed by atoms with Crippen LogP contribution in [0.25, 0.3) is 0 Å². The summed E-state index contributed by atoms with van der Waals surface area (Å²) in [6.07, 6.45) is 0. The van der Waals surface area contributed by atoms with E-state index in [0.29, 0.717) is 24.7 Å². The summed E-state index contributed by atoms with van der Waals surface area (Å²) in [5.41, 5.74) is 2.06. The molecule has 0 aliphatic rings. The molecule has 0 fully saturated rings. The number of ether oxygens (including phenoxy) is 2. The predicted octanol–water partition coefficient (Wildman–Crippen LogP) is 3.36. The zero-order chi connectivity index (χ0) is 20.5. The van der Waals surface area contributed by atoms with Crippen LogP contribution >= 0.6 is 0 Å². The number of nitrogens with one attached hydrogen (secondary N) is 1. The van der Waals surface area contributed by atoms with Gasteiger partial charge in [0.1, 0.15) is 12.4 Å². The van der Waals surface area contributed by atoms with Gasteiger partial charge in [-0.25, -0.2) is 0 Å². The molecule has 28 heavy (non-hydrogen) atoms. The molecule has 6 heteroatoms. The summed E-state index contributed by atoms with van der Waals surface area (Å²) in [5, 5.41) is 12.7. The van der Waals surface area contributed by atoms with Gasteiger partial charge >= 0.3 is 0 Å². The molecule has 0 unspecified atom stereocenters. The number of carbonyl (C=O) groups excluding carboxylic acids is 1. The van der Waals surface area contributed by atoms with Crippen molar-refractivity contribution in [2.24, 2.45) is 0 Å². The second-order valence-electron chi connectivity index (χ2n) is 6.56. The summed E-state index contributed by atoms with van der Waals surface area (Å²) < 4.78 is 11.3. The number of benzene rings is 2. The molecule has 0 bridgehead atoms. The monoisotopic (exact) mass is 386 g/mol. The van der Waals surface area contributed by atoms with Crippen molar-refractivity contribution in [3.05, 3.63) is 53.1 Å². The van der Waals surface area contributed by atoms with Crippen LogP contribution in [0.3, 0.4) is 0 Å². The van der Waals surface area contributed by atoms with Crippen LogP contribution in [-0.2, 0) is 6.54 Å². The molecule has 0 aliphatic carbocycles. The Morgan fingerprint density at radius 2 is 1.86 bits per heavy atom. The van der Waals surface area contributed by atoms with Crippen molar-refractivity contribution in [1.29, 1.82) is 0 Å². The molecule has 0 spiro atoms. The van der Waals surface area contributed by atoms with Gasteiger partial charge in [0.15, 0.2) is 11.5 Å². The maximum absolute atomic E-state index is 12.3. The lowest BCUT2D eigenvalue weighted by molar-refractivity contribution is 0.0948. The SMILES string of the molecule is CCN(CC)CCOc1ccc(CNC(=O)c2cc(C)ccc2O)cc1OC. The number of likely N-dealkylation sites (N-methyl/N-ethyl adjacent to an activating group) is 1. The molecule has 2 rings (SSSR count). The van der Waals surface area contributed by atoms with Crippen molar-refractivity contribution in [3.8, 4) is 17.2 Å². The third-order valence-corrected chi connectivity index (χ3v) is 4.64. The second-order valence-corrected chi connectivity index (χ2v) is 6.56. The standard InChI is InChI=1S/C22H30N2O4/c1-5-24(6-2)11-12-28-20-10-8-17(14-21(20)27-4)15-23-22(26)18-13-16(3)7-9-19(18)25/h7-10,13-14,25H,5-6,11-12,15H2,1-4H3,(H,23,26). The van der Waals surface area contributed by atoms with Gasteiger partial charge in [0, 0.05) is 13.1 Å².